The van der Waals surface area contributed by atoms with Crippen LogP contribution in [0.2, 0.25) is 0 Å². The molecule has 1 heterocycles. The molecule has 3 nitrogen and oxygen atoms in total. The van der Waals surface area contributed by atoms with Crippen molar-refractivity contribution in [2.75, 3.05) is 5.32 Å². The molecule has 0 aromatic carbocycles. The monoisotopic (exact) mass is 205 g/mol. The highest BCUT2D eigenvalue weighted by Gasteiger charge is 2.18. The first-order valence-corrected chi connectivity index (χ1v) is 5.80. The van der Waals surface area contributed by atoms with Crippen LogP contribution in [0.3, 0.4) is 0 Å². The van der Waals surface area contributed by atoms with Gasteiger partial charge in [-0.1, -0.05) is 6.92 Å². The zero-order chi connectivity index (χ0) is 10.7. The van der Waals surface area contributed by atoms with Gasteiger partial charge < -0.3 is 5.32 Å². The summed E-state index contributed by atoms with van der Waals surface area (Å²) < 4.78 is 0. The summed E-state index contributed by atoms with van der Waals surface area (Å²) >= 11 is 0. The Morgan fingerprint density at radius 3 is 2.47 bits per heavy atom. The third-order valence-corrected chi connectivity index (χ3v) is 3.24. The molecule has 1 aliphatic rings. The lowest BCUT2D eigenvalue weighted by Crippen LogP contribution is -2.26. The van der Waals surface area contributed by atoms with Gasteiger partial charge in [0.2, 0.25) is 0 Å². The predicted molar refractivity (Wildman–Crippen MR) is 61.8 cm³/mol. The second-order valence-electron chi connectivity index (χ2n) is 4.59. The molecular formula is C12H19N3. The van der Waals surface area contributed by atoms with Crippen molar-refractivity contribution in [2.24, 2.45) is 5.92 Å². The molecule has 82 valence electrons. The minimum absolute atomic E-state index is 0.594. The van der Waals surface area contributed by atoms with Crippen LogP contribution in [-0.4, -0.2) is 16.0 Å². The third-order valence-electron chi connectivity index (χ3n) is 3.24. The summed E-state index contributed by atoms with van der Waals surface area (Å²) in [5, 5.41) is 3.50. The standard InChI is InChI=1S/C12H19N3/c1-9-3-5-11(6-4-9)15-12-10(2)13-7-8-14-12/h7-9,11H,3-6H2,1-2H3,(H,14,15). The van der Waals surface area contributed by atoms with E-state index in [9.17, 15) is 0 Å². The first kappa shape index (κ1) is 10.4. The molecule has 0 saturated heterocycles. The lowest BCUT2D eigenvalue weighted by atomic mass is 9.87. The molecule has 1 aliphatic carbocycles. The maximum absolute atomic E-state index is 4.32. The van der Waals surface area contributed by atoms with Gasteiger partial charge in [-0.2, -0.15) is 0 Å². The van der Waals surface area contributed by atoms with Gasteiger partial charge in [0.05, 0.1) is 5.69 Å². The third kappa shape index (κ3) is 2.67. The second kappa shape index (κ2) is 4.60. The van der Waals surface area contributed by atoms with Gasteiger partial charge in [0.15, 0.2) is 0 Å². The van der Waals surface area contributed by atoms with Crippen LogP contribution in [0.5, 0.6) is 0 Å². The molecule has 1 saturated carbocycles. The second-order valence-corrected chi connectivity index (χ2v) is 4.59. The summed E-state index contributed by atoms with van der Waals surface area (Å²) in [6.07, 6.45) is 8.67. The average Bonchev–Trinajstić information content (AvgIpc) is 2.25. The molecule has 0 unspecified atom stereocenters. The Morgan fingerprint density at radius 2 is 1.80 bits per heavy atom. The summed E-state index contributed by atoms with van der Waals surface area (Å²) in [6.45, 7) is 4.34. The van der Waals surface area contributed by atoms with Crippen molar-refractivity contribution in [2.45, 2.75) is 45.6 Å². The van der Waals surface area contributed by atoms with Gasteiger partial charge in [0.25, 0.3) is 0 Å². The van der Waals surface area contributed by atoms with Gasteiger partial charge in [0.1, 0.15) is 5.82 Å². The fraction of sp³-hybridized carbons (Fsp3) is 0.667. The first-order valence-electron chi connectivity index (χ1n) is 5.80. The van der Waals surface area contributed by atoms with E-state index in [-0.39, 0.29) is 0 Å². The number of hydrogen-bond donors (Lipinski definition) is 1. The number of rotatable bonds is 2. The zero-order valence-corrected chi connectivity index (χ0v) is 9.53. The summed E-state index contributed by atoms with van der Waals surface area (Å²) in [5.74, 6) is 1.85. The Hall–Kier alpha value is -1.12. The molecule has 0 radical (unpaired) electrons. The summed E-state index contributed by atoms with van der Waals surface area (Å²) in [5.41, 5.74) is 0.996. The summed E-state index contributed by atoms with van der Waals surface area (Å²) in [6, 6.07) is 0.594. The number of anilines is 1. The van der Waals surface area contributed by atoms with Crippen LogP contribution in [0.1, 0.15) is 38.3 Å². The van der Waals surface area contributed by atoms with Crippen molar-refractivity contribution in [1.29, 1.82) is 0 Å². The maximum atomic E-state index is 4.32. The fourth-order valence-corrected chi connectivity index (χ4v) is 2.15. The summed E-state index contributed by atoms with van der Waals surface area (Å²) in [7, 11) is 0. The van der Waals surface area contributed by atoms with Crippen LogP contribution < -0.4 is 5.32 Å². The van der Waals surface area contributed by atoms with E-state index in [0.717, 1.165) is 17.4 Å². The fourth-order valence-electron chi connectivity index (χ4n) is 2.15. The first-order chi connectivity index (χ1) is 7.25. The summed E-state index contributed by atoms with van der Waals surface area (Å²) in [4.78, 5) is 8.55. The quantitative estimate of drug-likeness (QED) is 0.806. The van der Waals surface area contributed by atoms with E-state index in [1.807, 2.05) is 6.92 Å². The van der Waals surface area contributed by atoms with E-state index in [4.69, 9.17) is 0 Å². The number of aromatic nitrogens is 2. The zero-order valence-electron chi connectivity index (χ0n) is 9.53. The SMILES string of the molecule is Cc1nccnc1NC1CCC(C)CC1. The van der Waals surface area contributed by atoms with Crippen molar-refractivity contribution < 1.29 is 0 Å². The van der Waals surface area contributed by atoms with Crippen LogP contribution in [0.25, 0.3) is 0 Å². The lowest BCUT2D eigenvalue weighted by molar-refractivity contribution is 0.360. The number of nitrogens with one attached hydrogen (secondary N) is 1. The Morgan fingerprint density at radius 1 is 1.13 bits per heavy atom. The molecule has 3 heteroatoms. The normalized spacial score (nSPS) is 26.3. The largest absolute Gasteiger partial charge is 0.366 e. The van der Waals surface area contributed by atoms with E-state index < -0.39 is 0 Å². The van der Waals surface area contributed by atoms with Crippen molar-refractivity contribution >= 4 is 5.82 Å². The molecule has 0 spiro atoms. The highest BCUT2D eigenvalue weighted by molar-refractivity contribution is 5.39. The van der Waals surface area contributed by atoms with Gasteiger partial charge in [-0.25, -0.2) is 4.98 Å². The van der Waals surface area contributed by atoms with Crippen molar-refractivity contribution in [3.63, 3.8) is 0 Å². The van der Waals surface area contributed by atoms with Crippen LogP contribution in [0, 0.1) is 12.8 Å². The van der Waals surface area contributed by atoms with E-state index in [1.54, 1.807) is 12.4 Å². The molecule has 0 bridgehead atoms. The molecule has 0 amide bonds. The van der Waals surface area contributed by atoms with Gasteiger partial charge in [-0.15, -0.1) is 0 Å². The van der Waals surface area contributed by atoms with E-state index in [1.165, 1.54) is 25.7 Å². The van der Waals surface area contributed by atoms with Crippen molar-refractivity contribution in [3.8, 4) is 0 Å². The van der Waals surface area contributed by atoms with E-state index in [0.29, 0.717) is 6.04 Å². The molecular weight excluding hydrogens is 186 g/mol. The lowest BCUT2D eigenvalue weighted by Gasteiger charge is -2.27. The van der Waals surface area contributed by atoms with Gasteiger partial charge in [-0.3, -0.25) is 4.98 Å². The average molecular weight is 205 g/mol. The Balaban J connectivity index is 1.95. The molecule has 2 rings (SSSR count). The molecule has 1 aromatic heterocycles. The Kier molecular flexibility index (Phi) is 3.19. The molecule has 0 aliphatic heterocycles. The molecule has 0 atom stereocenters. The van der Waals surface area contributed by atoms with Gasteiger partial charge in [-0.05, 0) is 38.5 Å². The molecule has 15 heavy (non-hydrogen) atoms. The smallest absolute Gasteiger partial charge is 0.147 e. The topological polar surface area (TPSA) is 37.8 Å². The Bertz CT molecular complexity index is 316. The van der Waals surface area contributed by atoms with Gasteiger partial charge >= 0.3 is 0 Å². The minimum atomic E-state index is 0.594. The maximum Gasteiger partial charge on any atom is 0.147 e. The van der Waals surface area contributed by atoms with Crippen LogP contribution in [0.4, 0.5) is 5.82 Å². The number of aryl methyl sites for hydroxylation is 1. The van der Waals surface area contributed by atoms with E-state index >= 15 is 0 Å². The van der Waals surface area contributed by atoms with Crippen LogP contribution in [-0.2, 0) is 0 Å². The molecule has 1 N–H and O–H groups in total. The highest BCUT2D eigenvalue weighted by atomic mass is 15.0. The Labute approximate surface area is 91.3 Å². The predicted octanol–water partition coefficient (Wildman–Crippen LogP) is 2.78. The molecule has 1 fully saturated rings. The van der Waals surface area contributed by atoms with Gasteiger partial charge in [0, 0.05) is 18.4 Å². The van der Waals surface area contributed by atoms with Crippen LogP contribution >= 0.6 is 0 Å². The van der Waals surface area contributed by atoms with Crippen molar-refractivity contribution in [1.82, 2.24) is 9.97 Å². The number of nitrogens with zero attached hydrogens (tertiary/aromatic N) is 2. The molecule has 1 aromatic rings. The van der Waals surface area contributed by atoms with E-state index in [2.05, 4.69) is 22.2 Å². The minimum Gasteiger partial charge on any atom is -0.366 e. The number of hydrogen-bond acceptors (Lipinski definition) is 3. The van der Waals surface area contributed by atoms with Crippen molar-refractivity contribution in [3.05, 3.63) is 18.1 Å². The van der Waals surface area contributed by atoms with Crippen LogP contribution in [0.15, 0.2) is 12.4 Å². The highest BCUT2D eigenvalue weighted by Crippen LogP contribution is 2.25.